The highest BCUT2D eigenvalue weighted by molar-refractivity contribution is 7.99. The summed E-state index contributed by atoms with van der Waals surface area (Å²) in [5.41, 5.74) is 1.06. The Morgan fingerprint density at radius 1 is 1.50 bits per heavy atom. The molecular weight excluding hydrogens is 272 g/mol. The van der Waals surface area contributed by atoms with Gasteiger partial charge in [-0.2, -0.15) is 5.26 Å². The van der Waals surface area contributed by atoms with Gasteiger partial charge in [0.25, 0.3) is 0 Å². The van der Waals surface area contributed by atoms with E-state index >= 15 is 0 Å². The number of nitrogens with zero attached hydrogens (tertiary/aromatic N) is 4. The van der Waals surface area contributed by atoms with Gasteiger partial charge in [0.15, 0.2) is 5.65 Å². The van der Waals surface area contributed by atoms with Crippen LogP contribution in [0, 0.1) is 17.2 Å². The number of nitrogens with one attached hydrogen (secondary N) is 2. The van der Waals surface area contributed by atoms with Crippen molar-refractivity contribution in [2.45, 2.75) is 30.3 Å². The second kappa shape index (κ2) is 5.38. The minimum atomic E-state index is -0.448. The van der Waals surface area contributed by atoms with Gasteiger partial charge in [-0.1, -0.05) is 6.92 Å². The van der Waals surface area contributed by atoms with E-state index in [4.69, 9.17) is 0 Å². The smallest absolute Gasteiger partial charge is 0.181 e. The van der Waals surface area contributed by atoms with Crippen molar-refractivity contribution in [3.05, 3.63) is 12.7 Å². The third-order valence-electron chi connectivity index (χ3n) is 3.59. The number of nitriles is 1. The minimum Gasteiger partial charge on any atom is -0.341 e. The Bertz CT molecular complexity index is 644. The molecule has 0 radical (unpaired) electrons. The average molecular weight is 288 g/mol. The highest BCUT2D eigenvalue weighted by Crippen LogP contribution is 2.42. The van der Waals surface area contributed by atoms with Crippen molar-refractivity contribution in [1.82, 2.24) is 25.3 Å². The molecular formula is C13H16N6S. The summed E-state index contributed by atoms with van der Waals surface area (Å²) in [6, 6.07) is 2.49. The van der Waals surface area contributed by atoms with Crippen molar-refractivity contribution in [1.29, 1.82) is 5.26 Å². The van der Waals surface area contributed by atoms with E-state index in [2.05, 4.69) is 31.3 Å². The largest absolute Gasteiger partial charge is 0.341 e. The Kier molecular flexibility index (Phi) is 3.59. The summed E-state index contributed by atoms with van der Waals surface area (Å²) >= 11 is 1.59. The number of thioether (sulfide) groups is 1. The van der Waals surface area contributed by atoms with Gasteiger partial charge in [0, 0.05) is 5.75 Å². The first-order chi connectivity index (χ1) is 9.79. The van der Waals surface area contributed by atoms with Gasteiger partial charge in [0.05, 0.1) is 12.4 Å². The van der Waals surface area contributed by atoms with Crippen LogP contribution < -0.4 is 5.32 Å². The molecule has 0 aromatic carbocycles. The number of imidazole rings is 1. The van der Waals surface area contributed by atoms with Crippen molar-refractivity contribution < 1.29 is 0 Å². The van der Waals surface area contributed by atoms with Gasteiger partial charge in [-0.05, 0) is 25.3 Å². The van der Waals surface area contributed by atoms with Gasteiger partial charge >= 0.3 is 0 Å². The fraction of sp³-hybridized carbons (Fsp3) is 0.538. The van der Waals surface area contributed by atoms with Crippen LogP contribution in [0.4, 0.5) is 0 Å². The molecule has 3 rings (SSSR count). The summed E-state index contributed by atoms with van der Waals surface area (Å²) in [7, 11) is 0. The van der Waals surface area contributed by atoms with E-state index in [0.717, 1.165) is 29.9 Å². The SMILES string of the molecule is CCNC(C#N)(CSc1ncnc2nc[nH]c12)C1CC1. The van der Waals surface area contributed by atoms with Crippen molar-refractivity contribution in [3.8, 4) is 6.07 Å². The molecule has 0 bridgehead atoms. The zero-order chi connectivity index (χ0) is 14.0. The summed E-state index contributed by atoms with van der Waals surface area (Å²) in [6.45, 7) is 2.84. The normalized spacial score (nSPS) is 17.8. The lowest BCUT2D eigenvalue weighted by atomic mass is 9.98. The summed E-state index contributed by atoms with van der Waals surface area (Å²) in [6.07, 6.45) is 5.39. The maximum atomic E-state index is 9.59. The standard InChI is InChI=1S/C13H16N6S/c1-2-19-13(5-14,9-3-4-9)6-20-12-10-11(16-7-15-10)17-8-18-12/h7-9,19H,2-4,6H2,1H3,(H,15,16,17,18). The lowest BCUT2D eigenvalue weighted by Crippen LogP contribution is -2.48. The van der Waals surface area contributed by atoms with Gasteiger partial charge in [0.2, 0.25) is 0 Å². The molecule has 1 aliphatic rings. The first-order valence-electron chi connectivity index (χ1n) is 6.72. The van der Waals surface area contributed by atoms with Crippen molar-refractivity contribution >= 4 is 22.9 Å². The van der Waals surface area contributed by atoms with Crippen LogP contribution in [0.2, 0.25) is 0 Å². The molecule has 2 heterocycles. The van der Waals surface area contributed by atoms with E-state index in [1.165, 1.54) is 6.33 Å². The maximum Gasteiger partial charge on any atom is 0.181 e. The van der Waals surface area contributed by atoms with Crippen LogP contribution in [0.1, 0.15) is 19.8 Å². The average Bonchev–Trinajstić information content (AvgIpc) is 3.21. The molecule has 2 aromatic rings. The Morgan fingerprint density at radius 2 is 2.35 bits per heavy atom. The van der Waals surface area contributed by atoms with Crippen LogP contribution in [0.15, 0.2) is 17.7 Å². The van der Waals surface area contributed by atoms with Crippen LogP contribution in [0.5, 0.6) is 0 Å². The number of fused-ring (bicyclic) bond motifs is 1. The highest BCUT2D eigenvalue weighted by Gasteiger charge is 2.45. The zero-order valence-electron chi connectivity index (χ0n) is 11.3. The molecule has 1 atom stereocenters. The van der Waals surface area contributed by atoms with Crippen molar-refractivity contribution in [2.24, 2.45) is 5.92 Å². The van der Waals surface area contributed by atoms with Gasteiger partial charge in [0.1, 0.15) is 22.4 Å². The van der Waals surface area contributed by atoms with Gasteiger partial charge in [-0.25, -0.2) is 15.0 Å². The zero-order valence-corrected chi connectivity index (χ0v) is 12.1. The number of H-pyrrole nitrogens is 1. The molecule has 0 saturated heterocycles. The van der Waals surface area contributed by atoms with Crippen molar-refractivity contribution in [2.75, 3.05) is 12.3 Å². The van der Waals surface area contributed by atoms with Crippen LogP contribution >= 0.6 is 11.8 Å². The second-order valence-corrected chi connectivity index (χ2v) is 5.92. The van der Waals surface area contributed by atoms with E-state index in [-0.39, 0.29) is 0 Å². The molecule has 7 heteroatoms. The molecule has 1 fully saturated rings. The molecule has 6 nitrogen and oxygen atoms in total. The molecule has 2 aromatic heterocycles. The van der Waals surface area contributed by atoms with Crippen LogP contribution in [0.3, 0.4) is 0 Å². The lowest BCUT2D eigenvalue weighted by Gasteiger charge is -2.26. The fourth-order valence-electron chi connectivity index (χ4n) is 2.40. The first kappa shape index (κ1) is 13.3. The Hall–Kier alpha value is -1.65. The van der Waals surface area contributed by atoms with Crippen LogP contribution in [0.25, 0.3) is 11.2 Å². The Balaban J connectivity index is 1.80. The third-order valence-corrected chi connectivity index (χ3v) is 4.77. The second-order valence-electron chi connectivity index (χ2n) is 4.96. The molecule has 1 unspecified atom stereocenters. The predicted molar refractivity (Wildman–Crippen MR) is 77.2 cm³/mol. The van der Waals surface area contributed by atoms with E-state index in [9.17, 15) is 5.26 Å². The van der Waals surface area contributed by atoms with E-state index < -0.39 is 5.54 Å². The predicted octanol–water partition coefficient (Wildman–Crippen LogP) is 1.73. The Labute approximate surface area is 121 Å². The molecule has 1 aliphatic carbocycles. The molecule has 20 heavy (non-hydrogen) atoms. The van der Waals surface area contributed by atoms with Crippen molar-refractivity contribution in [3.63, 3.8) is 0 Å². The summed E-state index contributed by atoms with van der Waals surface area (Å²) in [4.78, 5) is 15.6. The molecule has 0 amide bonds. The number of hydrogen-bond donors (Lipinski definition) is 2. The lowest BCUT2D eigenvalue weighted by molar-refractivity contribution is 0.416. The number of aromatic nitrogens is 4. The third kappa shape index (κ3) is 2.37. The van der Waals surface area contributed by atoms with Crippen LogP contribution in [-0.2, 0) is 0 Å². The van der Waals surface area contributed by atoms with Crippen LogP contribution in [-0.4, -0.2) is 37.8 Å². The molecule has 0 aliphatic heterocycles. The maximum absolute atomic E-state index is 9.59. The quantitative estimate of drug-likeness (QED) is 0.621. The molecule has 104 valence electrons. The monoisotopic (exact) mass is 288 g/mol. The van der Waals surface area contributed by atoms with E-state index in [1.807, 2.05) is 6.92 Å². The molecule has 0 spiro atoms. The Morgan fingerprint density at radius 3 is 3.05 bits per heavy atom. The fourth-order valence-corrected chi connectivity index (χ4v) is 3.59. The van der Waals surface area contributed by atoms with E-state index in [0.29, 0.717) is 17.3 Å². The minimum absolute atomic E-state index is 0.448. The summed E-state index contributed by atoms with van der Waals surface area (Å²) in [5, 5.41) is 13.8. The molecule has 1 saturated carbocycles. The van der Waals surface area contributed by atoms with Gasteiger partial charge in [-0.3, -0.25) is 5.32 Å². The number of aromatic amines is 1. The first-order valence-corrected chi connectivity index (χ1v) is 7.71. The molecule has 2 N–H and O–H groups in total. The highest BCUT2D eigenvalue weighted by atomic mass is 32.2. The topological polar surface area (TPSA) is 90.3 Å². The van der Waals surface area contributed by atoms with Gasteiger partial charge in [-0.15, -0.1) is 11.8 Å². The number of rotatable bonds is 6. The summed E-state index contributed by atoms with van der Waals surface area (Å²) in [5.74, 6) is 1.15. The van der Waals surface area contributed by atoms with E-state index in [1.54, 1.807) is 18.1 Å². The number of hydrogen-bond acceptors (Lipinski definition) is 6. The summed E-state index contributed by atoms with van der Waals surface area (Å²) < 4.78 is 0. The van der Waals surface area contributed by atoms with Gasteiger partial charge < -0.3 is 4.98 Å².